The molecule has 1 aliphatic carbocycles. The summed E-state index contributed by atoms with van der Waals surface area (Å²) in [7, 11) is 1.65. The third-order valence-electron chi connectivity index (χ3n) is 7.08. The molecule has 0 bridgehead atoms. The van der Waals surface area contributed by atoms with E-state index in [0.29, 0.717) is 6.04 Å². The predicted molar refractivity (Wildman–Crippen MR) is 142 cm³/mol. The maximum Gasteiger partial charge on any atom is 0.319 e. The van der Waals surface area contributed by atoms with Gasteiger partial charge in [-0.05, 0) is 82.3 Å². The largest absolute Gasteiger partial charge is 0.496 e. The number of hydrogen-bond acceptors (Lipinski definition) is 5. The molecule has 7 heteroatoms. The van der Waals surface area contributed by atoms with Crippen molar-refractivity contribution >= 4 is 17.4 Å². The number of rotatable bonds is 7. The molecule has 1 saturated carbocycles. The average molecular weight is 481 g/mol. The van der Waals surface area contributed by atoms with Crippen molar-refractivity contribution in [2.24, 2.45) is 0 Å². The van der Waals surface area contributed by atoms with Gasteiger partial charge in [0.2, 0.25) is 0 Å². The lowest BCUT2D eigenvalue weighted by molar-refractivity contribution is 0.137. The van der Waals surface area contributed by atoms with E-state index in [4.69, 9.17) is 9.47 Å². The zero-order valence-corrected chi connectivity index (χ0v) is 21.5. The number of benzene rings is 2. The zero-order valence-electron chi connectivity index (χ0n) is 21.5. The van der Waals surface area contributed by atoms with Gasteiger partial charge >= 0.3 is 6.03 Å². The van der Waals surface area contributed by atoms with E-state index in [1.807, 2.05) is 31.2 Å². The molecule has 1 saturated heterocycles. The summed E-state index contributed by atoms with van der Waals surface area (Å²) < 4.78 is 11.3. The fourth-order valence-corrected chi connectivity index (χ4v) is 5.29. The summed E-state index contributed by atoms with van der Waals surface area (Å²) in [6.07, 6.45) is 4.46. The second-order valence-electron chi connectivity index (χ2n) is 9.95. The number of hydrogen-bond donors (Lipinski definition) is 2. The smallest absolute Gasteiger partial charge is 0.319 e. The van der Waals surface area contributed by atoms with Crippen molar-refractivity contribution in [2.75, 3.05) is 43.5 Å². The van der Waals surface area contributed by atoms with Crippen LogP contribution in [0.15, 0.2) is 42.5 Å². The highest BCUT2D eigenvalue weighted by Gasteiger charge is 2.29. The standard InChI is InChI=1S/C28H40N4O3/c1-20(2)35-27-8-6-5-7-25(27)32-17-15-31(16-18-32)24-12-9-22(10-13-24)29-28(33)30-23-11-14-26(34-4)21(3)19-23/h5-8,11,14,19-20,22,24H,9-10,12-13,15-18H2,1-4H3,(H2,29,30,33). The Bertz CT molecular complexity index is 980. The van der Waals surface area contributed by atoms with Crippen LogP contribution in [0.3, 0.4) is 0 Å². The minimum atomic E-state index is -0.131. The molecule has 2 N–H and O–H groups in total. The van der Waals surface area contributed by atoms with Gasteiger partial charge < -0.3 is 25.0 Å². The van der Waals surface area contributed by atoms with Crippen LogP contribution in [0.5, 0.6) is 11.5 Å². The molecule has 1 aliphatic heterocycles. The Hall–Kier alpha value is -2.93. The fraction of sp³-hybridized carbons (Fsp3) is 0.536. The Labute approximate surface area is 209 Å². The third kappa shape index (κ3) is 6.60. The van der Waals surface area contributed by atoms with Crippen LogP contribution in [0, 0.1) is 6.92 Å². The Morgan fingerprint density at radius 1 is 0.971 bits per heavy atom. The van der Waals surface area contributed by atoms with Crippen LogP contribution in [-0.4, -0.2) is 62.4 Å². The van der Waals surface area contributed by atoms with Crippen LogP contribution in [-0.2, 0) is 0 Å². The van der Waals surface area contributed by atoms with Gasteiger partial charge in [-0.1, -0.05) is 12.1 Å². The lowest BCUT2D eigenvalue weighted by atomic mass is 9.90. The SMILES string of the molecule is COc1ccc(NC(=O)NC2CCC(N3CCN(c4ccccc4OC(C)C)CC3)CC2)cc1C. The van der Waals surface area contributed by atoms with E-state index in [0.717, 1.165) is 74.6 Å². The Balaban J connectivity index is 1.21. The topological polar surface area (TPSA) is 66.1 Å². The maximum atomic E-state index is 12.5. The van der Waals surface area contributed by atoms with E-state index in [2.05, 4.69) is 52.5 Å². The highest BCUT2D eigenvalue weighted by molar-refractivity contribution is 5.89. The minimum absolute atomic E-state index is 0.131. The van der Waals surface area contributed by atoms with Gasteiger partial charge in [0.05, 0.1) is 18.9 Å². The molecular formula is C28H40N4O3. The first-order chi connectivity index (χ1) is 16.9. The number of methoxy groups -OCH3 is 1. The van der Waals surface area contributed by atoms with Crippen LogP contribution in [0.1, 0.15) is 45.1 Å². The number of carbonyl (C=O) groups is 1. The number of nitrogens with one attached hydrogen (secondary N) is 2. The molecule has 7 nitrogen and oxygen atoms in total. The van der Waals surface area contributed by atoms with Crippen LogP contribution in [0.2, 0.25) is 0 Å². The van der Waals surface area contributed by atoms with Crippen LogP contribution < -0.4 is 25.0 Å². The second kappa shape index (κ2) is 11.7. The van der Waals surface area contributed by atoms with Gasteiger partial charge in [0.1, 0.15) is 11.5 Å². The van der Waals surface area contributed by atoms with Gasteiger partial charge in [0.15, 0.2) is 0 Å². The fourth-order valence-electron chi connectivity index (χ4n) is 5.29. The quantitative estimate of drug-likeness (QED) is 0.581. The molecule has 0 spiro atoms. The third-order valence-corrected chi connectivity index (χ3v) is 7.08. The number of aryl methyl sites for hydroxylation is 1. The summed E-state index contributed by atoms with van der Waals surface area (Å²) in [4.78, 5) is 17.6. The molecule has 4 rings (SSSR count). The molecule has 0 aromatic heterocycles. The zero-order chi connectivity index (χ0) is 24.8. The Morgan fingerprint density at radius 2 is 1.69 bits per heavy atom. The van der Waals surface area contributed by atoms with E-state index in [1.54, 1.807) is 7.11 Å². The highest BCUT2D eigenvalue weighted by atomic mass is 16.5. The first-order valence-electron chi connectivity index (χ1n) is 12.9. The summed E-state index contributed by atoms with van der Waals surface area (Å²) in [5.74, 6) is 1.80. The van der Waals surface area contributed by atoms with Crippen molar-refractivity contribution in [2.45, 2.75) is 64.6 Å². The van der Waals surface area contributed by atoms with Crippen molar-refractivity contribution < 1.29 is 14.3 Å². The summed E-state index contributed by atoms with van der Waals surface area (Å²) in [5, 5.41) is 6.13. The molecule has 0 unspecified atom stereocenters. The van der Waals surface area contributed by atoms with Crippen molar-refractivity contribution in [3.05, 3.63) is 48.0 Å². The molecule has 2 aliphatic rings. The molecule has 2 aromatic rings. The maximum absolute atomic E-state index is 12.5. The van der Waals surface area contributed by atoms with Crippen molar-refractivity contribution in [3.8, 4) is 11.5 Å². The predicted octanol–water partition coefficient (Wildman–Crippen LogP) is 5.05. The normalized spacial score (nSPS) is 21.0. The second-order valence-corrected chi connectivity index (χ2v) is 9.95. The Kier molecular flexibility index (Phi) is 8.39. The summed E-state index contributed by atoms with van der Waals surface area (Å²) in [5.41, 5.74) is 2.99. The number of ether oxygens (including phenoxy) is 2. The Morgan fingerprint density at radius 3 is 2.34 bits per heavy atom. The van der Waals surface area contributed by atoms with E-state index in [1.165, 1.54) is 5.69 Å². The van der Waals surface area contributed by atoms with Crippen LogP contribution in [0.25, 0.3) is 0 Å². The number of urea groups is 1. The van der Waals surface area contributed by atoms with Gasteiger partial charge in [0.25, 0.3) is 0 Å². The molecule has 2 amide bonds. The van der Waals surface area contributed by atoms with E-state index >= 15 is 0 Å². The first-order valence-corrected chi connectivity index (χ1v) is 12.9. The molecule has 0 radical (unpaired) electrons. The minimum Gasteiger partial charge on any atom is -0.496 e. The summed E-state index contributed by atoms with van der Waals surface area (Å²) in [6, 6.07) is 14.8. The monoisotopic (exact) mass is 480 g/mol. The van der Waals surface area contributed by atoms with Gasteiger partial charge in [-0.3, -0.25) is 4.90 Å². The average Bonchev–Trinajstić information content (AvgIpc) is 2.85. The molecule has 2 aromatic carbocycles. The number of para-hydroxylation sites is 2. The number of carbonyl (C=O) groups excluding carboxylic acids is 1. The van der Waals surface area contributed by atoms with Crippen molar-refractivity contribution in [1.29, 1.82) is 0 Å². The first kappa shape index (κ1) is 25.2. The van der Waals surface area contributed by atoms with Crippen LogP contribution in [0.4, 0.5) is 16.2 Å². The molecule has 2 fully saturated rings. The number of nitrogens with zero attached hydrogens (tertiary/aromatic N) is 2. The van der Waals surface area contributed by atoms with Crippen molar-refractivity contribution in [3.63, 3.8) is 0 Å². The van der Waals surface area contributed by atoms with Gasteiger partial charge in [0, 0.05) is 44.0 Å². The number of piperazine rings is 1. The number of amides is 2. The van der Waals surface area contributed by atoms with Gasteiger partial charge in [-0.15, -0.1) is 0 Å². The summed E-state index contributed by atoms with van der Waals surface area (Å²) in [6.45, 7) is 10.3. The lowest BCUT2D eigenvalue weighted by Crippen LogP contribution is -2.52. The van der Waals surface area contributed by atoms with Gasteiger partial charge in [-0.25, -0.2) is 4.79 Å². The van der Waals surface area contributed by atoms with Crippen molar-refractivity contribution in [1.82, 2.24) is 10.2 Å². The molecule has 35 heavy (non-hydrogen) atoms. The molecule has 0 atom stereocenters. The summed E-state index contributed by atoms with van der Waals surface area (Å²) >= 11 is 0. The molecule has 1 heterocycles. The van der Waals surface area contributed by atoms with E-state index in [-0.39, 0.29) is 18.2 Å². The van der Waals surface area contributed by atoms with E-state index in [9.17, 15) is 4.79 Å². The van der Waals surface area contributed by atoms with Crippen LogP contribution >= 0.6 is 0 Å². The lowest BCUT2D eigenvalue weighted by Gasteiger charge is -2.43. The number of anilines is 2. The van der Waals surface area contributed by atoms with E-state index < -0.39 is 0 Å². The molecular weight excluding hydrogens is 440 g/mol. The highest BCUT2D eigenvalue weighted by Crippen LogP contribution is 2.31. The molecule has 190 valence electrons. The van der Waals surface area contributed by atoms with Gasteiger partial charge in [-0.2, -0.15) is 0 Å².